The lowest BCUT2D eigenvalue weighted by Crippen LogP contribution is -2.44. The Hall–Kier alpha value is -3.00. The molecule has 2 rings (SSSR count). The van der Waals surface area contributed by atoms with Crippen LogP contribution in [0.4, 0.5) is 0 Å². The van der Waals surface area contributed by atoms with E-state index in [0.29, 0.717) is 28.6 Å². The Labute approximate surface area is 197 Å². The molecule has 0 aliphatic heterocycles. The molecular weight excluding hydrogens is 440 g/mol. The van der Waals surface area contributed by atoms with Crippen LogP contribution in [0.2, 0.25) is 18.1 Å². The van der Waals surface area contributed by atoms with Gasteiger partial charge in [-0.25, -0.2) is 0 Å². The molecule has 0 amide bonds. The van der Waals surface area contributed by atoms with Crippen LogP contribution in [0.3, 0.4) is 0 Å². The van der Waals surface area contributed by atoms with Crippen LogP contribution >= 0.6 is 0 Å². The normalized spacial score (nSPS) is 12.5. The molecule has 0 saturated heterocycles. The molecule has 0 heterocycles. The summed E-state index contributed by atoms with van der Waals surface area (Å²) in [5.41, 5.74) is 0.651. The summed E-state index contributed by atoms with van der Waals surface area (Å²) in [6.07, 6.45) is 0. The number of ether oxygens (including phenoxy) is 4. The highest BCUT2D eigenvalue weighted by Crippen LogP contribution is 2.42. The van der Waals surface area contributed by atoms with Gasteiger partial charge in [-0.2, -0.15) is 0 Å². The number of Topliss-reactive ketones (excluding diaryl/α,β-unsaturated/α-hetero) is 1. The number of carbonyl (C=O) groups excluding carboxylic acids is 2. The number of esters is 1. The lowest BCUT2D eigenvalue weighted by molar-refractivity contribution is -0.141. The summed E-state index contributed by atoms with van der Waals surface area (Å²) >= 11 is 0. The number of hydrogen-bond acceptors (Lipinski definition) is 7. The zero-order valence-electron chi connectivity index (χ0n) is 20.9. The summed E-state index contributed by atoms with van der Waals surface area (Å²) in [5, 5.41) is -0.0999. The first kappa shape index (κ1) is 26.3. The molecule has 0 aliphatic rings. The van der Waals surface area contributed by atoms with E-state index in [2.05, 4.69) is 33.9 Å². The number of carbonyl (C=O) groups is 2. The second kappa shape index (κ2) is 10.3. The molecule has 0 N–H and O–H groups in total. The average Bonchev–Trinajstić information content (AvgIpc) is 2.78. The van der Waals surface area contributed by atoms with E-state index < -0.39 is 26.0 Å². The molecule has 0 spiro atoms. The highest BCUT2D eigenvalue weighted by molar-refractivity contribution is 6.74. The molecule has 0 bridgehead atoms. The molecule has 0 aromatic heterocycles. The van der Waals surface area contributed by atoms with Crippen LogP contribution < -0.4 is 18.6 Å². The third kappa shape index (κ3) is 5.68. The fraction of sp³-hybridized carbons (Fsp3) is 0.440. The standard InChI is InChI=1S/C25H34O7Si/c1-25(2,3)33(8,9)32-21-15-17(29-5)10-12-18(21)22(24(27)31-7)23(26)19-13-11-16(28-4)14-20(19)30-6/h10-15,22H,1-9H3. The maximum atomic E-state index is 13.7. The van der Waals surface area contributed by atoms with Crippen molar-refractivity contribution in [3.8, 4) is 23.0 Å². The van der Waals surface area contributed by atoms with Crippen molar-refractivity contribution in [2.75, 3.05) is 28.4 Å². The Morgan fingerprint density at radius 3 is 1.85 bits per heavy atom. The Kier molecular flexibility index (Phi) is 8.19. The molecule has 2 aromatic carbocycles. The van der Waals surface area contributed by atoms with Crippen molar-refractivity contribution in [2.45, 2.75) is 44.8 Å². The summed E-state index contributed by atoms with van der Waals surface area (Å²) in [6.45, 7) is 10.5. The van der Waals surface area contributed by atoms with Crippen molar-refractivity contribution >= 4 is 20.1 Å². The molecular formula is C25H34O7Si. The van der Waals surface area contributed by atoms with E-state index in [1.807, 2.05) is 0 Å². The van der Waals surface area contributed by atoms with Gasteiger partial charge in [0.05, 0.1) is 34.0 Å². The van der Waals surface area contributed by atoms with E-state index in [9.17, 15) is 9.59 Å². The molecule has 33 heavy (non-hydrogen) atoms. The van der Waals surface area contributed by atoms with Crippen molar-refractivity contribution < 1.29 is 33.0 Å². The summed E-state index contributed by atoms with van der Waals surface area (Å²) < 4.78 is 27.6. The molecule has 0 aliphatic carbocycles. The van der Waals surface area contributed by atoms with E-state index in [1.165, 1.54) is 21.3 Å². The van der Waals surface area contributed by atoms with Gasteiger partial charge in [0.2, 0.25) is 8.32 Å². The van der Waals surface area contributed by atoms with Crippen LogP contribution in [0.5, 0.6) is 23.0 Å². The van der Waals surface area contributed by atoms with E-state index in [-0.39, 0.29) is 10.6 Å². The fourth-order valence-electron chi connectivity index (χ4n) is 3.05. The number of rotatable bonds is 9. The predicted octanol–water partition coefficient (Wildman–Crippen LogP) is 5.24. The Morgan fingerprint density at radius 1 is 0.818 bits per heavy atom. The van der Waals surface area contributed by atoms with Gasteiger partial charge < -0.3 is 23.4 Å². The Balaban J connectivity index is 2.68. The Morgan fingerprint density at radius 2 is 1.36 bits per heavy atom. The molecule has 1 unspecified atom stereocenters. The number of hydrogen-bond donors (Lipinski definition) is 0. The summed E-state index contributed by atoms with van der Waals surface area (Å²) in [6, 6.07) is 9.91. The van der Waals surface area contributed by atoms with Gasteiger partial charge in [0.15, 0.2) is 5.78 Å². The zero-order valence-corrected chi connectivity index (χ0v) is 21.9. The van der Waals surface area contributed by atoms with Crippen molar-refractivity contribution in [2.24, 2.45) is 0 Å². The topological polar surface area (TPSA) is 80.3 Å². The van der Waals surface area contributed by atoms with Gasteiger partial charge in [0.1, 0.15) is 28.9 Å². The van der Waals surface area contributed by atoms with Gasteiger partial charge in [-0.3, -0.25) is 9.59 Å². The molecule has 180 valence electrons. The quantitative estimate of drug-likeness (QED) is 0.213. The van der Waals surface area contributed by atoms with Gasteiger partial charge in [0, 0.05) is 17.7 Å². The SMILES string of the molecule is COC(=O)C(C(=O)c1ccc(OC)cc1OC)c1ccc(OC)cc1O[Si](C)(C)C(C)(C)C. The molecule has 0 saturated carbocycles. The largest absolute Gasteiger partial charge is 0.543 e. The molecule has 0 fully saturated rings. The zero-order chi connectivity index (χ0) is 25.0. The number of benzene rings is 2. The minimum Gasteiger partial charge on any atom is -0.543 e. The van der Waals surface area contributed by atoms with Crippen molar-refractivity contribution in [1.29, 1.82) is 0 Å². The molecule has 1 atom stereocenters. The first-order valence-corrected chi connectivity index (χ1v) is 13.5. The minimum absolute atomic E-state index is 0.0999. The third-order valence-corrected chi connectivity index (χ3v) is 10.4. The monoisotopic (exact) mass is 474 g/mol. The summed E-state index contributed by atoms with van der Waals surface area (Å²) in [5.74, 6) is -0.585. The fourth-order valence-corrected chi connectivity index (χ4v) is 4.08. The molecule has 2 aromatic rings. The van der Waals surface area contributed by atoms with Gasteiger partial charge in [-0.15, -0.1) is 0 Å². The highest BCUT2D eigenvalue weighted by atomic mass is 28.4. The molecule has 8 heteroatoms. The smallest absolute Gasteiger partial charge is 0.321 e. The highest BCUT2D eigenvalue weighted by Gasteiger charge is 2.41. The van der Waals surface area contributed by atoms with E-state index in [1.54, 1.807) is 43.5 Å². The lowest BCUT2D eigenvalue weighted by Gasteiger charge is -2.37. The minimum atomic E-state index is -2.31. The van der Waals surface area contributed by atoms with Crippen LogP contribution in [0.1, 0.15) is 42.6 Å². The number of ketones is 1. The van der Waals surface area contributed by atoms with Crippen LogP contribution in [-0.2, 0) is 9.53 Å². The van der Waals surface area contributed by atoms with Crippen molar-refractivity contribution in [3.05, 3.63) is 47.5 Å². The maximum Gasteiger partial charge on any atom is 0.321 e. The first-order valence-electron chi connectivity index (χ1n) is 10.6. The van der Waals surface area contributed by atoms with Crippen LogP contribution in [0.15, 0.2) is 36.4 Å². The summed E-state index contributed by atoms with van der Waals surface area (Å²) in [7, 11) is 3.48. The van der Waals surface area contributed by atoms with E-state index >= 15 is 0 Å². The lowest BCUT2D eigenvalue weighted by atomic mass is 9.89. The van der Waals surface area contributed by atoms with Crippen molar-refractivity contribution in [3.63, 3.8) is 0 Å². The maximum absolute atomic E-state index is 13.7. The van der Waals surface area contributed by atoms with Crippen LogP contribution in [-0.4, -0.2) is 48.5 Å². The number of methoxy groups -OCH3 is 4. The van der Waals surface area contributed by atoms with Crippen LogP contribution in [0, 0.1) is 0 Å². The van der Waals surface area contributed by atoms with Gasteiger partial charge >= 0.3 is 5.97 Å². The van der Waals surface area contributed by atoms with E-state index in [0.717, 1.165) is 0 Å². The molecule has 7 nitrogen and oxygen atoms in total. The van der Waals surface area contributed by atoms with Gasteiger partial charge in [-0.1, -0.05) is 26.8 Å². The van der Waals surface area contributed by atoms with Crippen molar-refractivity contribution in [1.82, 2.24) is 0 Å². The average molecular weight is 475 g/mol. The van der Waals surface area contributed by atoms with Crippen LogP contribution in [0.25, 0.3) is 0 Å². The van der Waals surface area contributed by atoms with Gasteiger partial charge in [-0.05, 0) is 36.3 Å². The summed E-state index contributed by atoms with van der Waals surface area (Å²) in [4.78, 5) is 26.6. The third-order valence-electron chi connectivity index (χ3n) is 6.08. The molecule has 0 radical (unpaired) electrons. The second-order valence-electron chi connectivity index (χ2n) is 9.15. The Bertz CT molecular complexity index is 1010. The van der Waals surface area contributed by atoms with Gasteiger partial charge in [0.25, 0.3) is 0 Å². The van der Waals surface area contributed by atoms with E-state index in [4.69, 9.17) is 23.4 Å². The first-order chi connectivity index (χ1) is 15.4. The second-order valence-corrected chi connectivity index (χ2v) is 13.9. The predicted molar refractivity (Wildman–Crippen MR) is 129 cm³/mol.